The first-order valence-electron chi connectivity index (χ1n) is 7.16. The molecule has 1 aromatic carbocycles. The predicted octanol–water partition coefficient (Wildman–Crippen LogP) is 5.02. The lowest BCUT2D eigenvalue weighted by Crippen LogP contribution is -2.01. The van der Waals surface area contributed by atoms with Crippen molar-refractivity contribution in [3.8, 4) is 0 Å². The van der Waals surface area contributed by atoms with Crippen molar-refractivity contribution in [3.05, 3.63) is 32.3 Å². The van der Waals surface area contributed by atoms with Crippen LogP contribution in [0.3, 0.4) is 0 Å². The molecule has 0 N–H and O–H groups in total. The SMILES string of the molecule is CC.CCc1c2c(c(Br)c3c1CCC3)CCC2. The molecule has 17 heavy (non-hydrogen) atoms. The van der Waals surface area contributed by atoms with Gasteiger partial charge in [0, 0.05) is 4.47 Å². The lowest BCUT2D eigenvalue weighted by Gasteiger charge is -2.15. The first-order chi connectivity index (χ1) is 8.33. The highest BCUT2D eigenvalue weighted by atomic mass is 79.9. The molecule has 0 heterocycles. The van der Waals surface area contributed by atoms with E-state index in [1.54, 1.807) is 27.8 Å². The maximum atomic E-state index is 3.85. The van der Waals surface area contributed by atoms with Gasteiger partial charge in [-0.05, 0) is 72.8 Å². The lowest BCUT2D eigenvalue weighted by atomic mass is 9.93. The van der Waals surface area contributed by atoms with Crippen LogP contribution < -0.4 is 0 Å². The number of benzene rings is 1. The van der Waals surface area contributed by atoms with Crippen LogP contribution in [0.4, 0.5) is 0 Å². The summed E-state index contributed by atoms with van der Waals surface area (Å²) in [7, 11) is 0. The summed E-state index contributed by atoms with van der Waals surface area (Å²) in [5.74, 6) is 0. The summed E-state index contributed by atoms with van der Waals surface area (Å²) < 4.78 is 1.47. The van der Waals surface area contributed by atoms with E-state index >= 15 is 0 Å². The van der Waals surface area contributed by atoms with E-state index in [4.69, 9.17) is 0 Å². The molecule has 0 radical (unpaired) electrons. The van der Waals surface area contributed by atoms with E-state index in [-0.39, 0.29) is 0 Å². The second-order valence-electron chi connectivity index (χ2n) is 4.77. The van der Waals surface area contributed by atoms with Gasteiger partial charge in [0.15, 0.2) is 0 Å². The summed E-state index contributed by atoms with van der Waals surface area (Å²) >= 11 is 3.85. The topological polar surface area (TPSA) is 0 Å². The molecule has 0 unspecified atom stereocenters. The first kappa shape index (κ1) is 13.1. The van der Waals surface area contributed by atoms with Crippen LogP contribution in [-0.2, 0) is 32.1 Å². The highest BCUT2D eigenvalue weighted by Gasteiger charge is 2.26. The van der Waals surface area contributed by atoms with Crippen LogP contribution >= 0.6 is 15.9 Å². The Balaban J connectivity index is 0.000000514. The zero-order chi connectivity index (χ0) is 12.4. The van der Waals surface area contributed by atoms with Gasteiger partial charge in [-0.1, -0.05) is 36.7 Å². The van der Waals surface area contributed by atoms with Crippen LogP contribution in [0, 0.1) is 0 Å². The Morgan fingerprint density at radius 3 is 1.65 bits per heavy atom. The molecular formula is C16H23Br. The van der Waals surface area contributed by atoms with Crippen molar-refractivity contribution in [1.82, 2.24) is 0 Å². The molecule has 0 atom stereocenters. The van der Waals surface area contributed by atoms with E-state index in [0.717, 1.165) is 0 Å². The standard InChI is InChI=1S/C14H17Br.C2H6/c1-2-9-10-5-3-7-12(10)14(15)13-8-4-6-11(9)13;1-2/h2-8H2,1H3;1-2H3. The van der Waals surface area contributed by atoms with Gasteiger partial charge in [-0.15, -0.1) is 0 Å². The molecule has 0 nitrogen and oxygen atoms in total. The number of hydrogen-bond donors (Lipinski definition) is 0. The smallest absolute Gasteiger partial charge is 0.0245 e. The van der Waals surface area contributed by atoms with Crippen LogP contribution in [0.1, 0.15) is 61.4 Å². The molecule has 1 aromatic rings. The Bertz CT molecular complexity index is 383. The summed E-state index contributed by atoms with van der Waals surface area (Å²) in [4.78, 5) is 0. The van der Waals surface area contributed by atoms with Gasteiger partial charge in [0.05, 0.1) is 0 Å². The van der Waals surface area contributed by atoms with Crippen molar-refractivity contribution in [3.63, 3.8) is 0 Å². The highest BCUT2D eigenvalue weighted by molar-refractivity contribution is 9.10. The largest absolute Gasteiger partial charge is 0.0683 e. The summed E-state index contributed by atoms with van der Waals surface area (Å²) in [6.07, 6.45) is 9.22. The molecular weight excluding hydrogens is 272 g/mol. The molecule has 2 aliphatic rings. The van der Waals surface area contributed by atoms with Crippen molar-refractivity contribution >= 4 is 15.9 Å². The maximum absolute atomic E-state index is 3.85. The Morgan fingerprint density at radius 2 is 1.24 bits per heavy atom. The monoisotopic (exact) mass is 294 g/mol. The quantitative estimate of drug-likeness (QED) is 0.683. The Labute approximate surface area is 114 Å². The Morgan fingerprint density at radius 1 is 0.824 bits per heavy atom. The van der Waals surface area contributed by atoms with Crippen molar-refractivity contribution in [1.29, 1.82) is 0 Å². The summed E-state index contributed by atoms with van der Waals surface area (Å²) in [6, 6.07) is 0. The number of rotatable bonds is 1. The number of hydrogen-bond acceptors (Lipinski definition) is 0. The molecule has 94 valence electrons. The van der Waals surface area contributed by atoms with Gasteiger partial charge in [0.25, 0.3) is 0 Å². The van der Waals surface area contributed by atoms with Gasteiger partial charge in [0.1, 0.15) is 0 Å². The average molecular weight is 295 g/mol. The third-order valence-corrected chi connectivity index (χ3v) is 5.00. The summed E-state index contributed by atoms with van der Waals surface area (Å²) in [6.45, 7) is 6.32. The van der Waals surface area contributed by atoms with E-state index in [0.29, 0.717) is 0 Å². The normalized spacial score (nSPS) is 16.2. The predicted molar refractivity (Wildman–Crippen MR) is 78.9 cm³/mol. The van der Waals surface area contributed by atoms with Crippen molar-refractivity contribution in [2.75, 3.05) is 0 Å². The summed E-state index contributed by atoms with van der Waals surface area (Å²) in [5.41, 5.74) is 8.40. The van der Waals surface area contributed by atoms with Crippen LogP contribution in [-0.4, -0.2) is 0 Å². The number of fused-ring (bicyclic) bond motifs is 2. The van der Waals surface area contributed by atoms with E-state index < -0.39 is 0 Å². The van der Waals surface area contributed by atoms with Gasteiger partial charge >= 0.3 is 0 Å². The molecule has 1 heteroatoms. The molecule has 0 fully saturated rings. The molecule has 0 spiro atoms. The molecule has 0 amide bonds. The van der Waals surface area contributed by atoms with Gasteiger partial charge < -0.3 is 0 Å². The fourth-order valence-corrected chi connectivity index (χ4v) is 4.30. The fourth-order valence-electron chi connectivity index (χ4n) is 3.43. The third-order valence-electron chi connectivity index (χ3n) is 4.05. The first-order valence-corrected chi connectivity index (χ1v) is 7.96. The minimum atomic E-state index is 1.23. The molecule has 0 bridgehead atoms. The van der Waals surface area contributed by atoms with Gasteiger partial charge in [-0.2, -0.15) is 0 Å². The molecule has 2 aliphatic carbocycles. The van der Waals surface area contributed by atoms with Crippen LogP contribution in [0.2, 0.25) is 0 Å². The minimum absolute atomic E-state index is 1.23. The van der Waals surface area contributed by atoms with E-state index in [1.807, 2.05) is 13.8 Å². The van der Waals surface area contributed by atoms with Crippen molar-refractivity contribution in [2.45, 2.75) is 65.7 Å². The molecule has 3 rings (SSSR count). The lowest BCUT2D eigenvalue weighted by molar-refractivity contribution is 0.884. The highest BCUT2D eigenvalue weighted by Crippen LogP contribution is 2.41. The zero-order valence-corrected chi connectivity index (χ0v) is 12.9. The van der Waals surface area contributed by atoms with E-state index in [9.17, 15) is 0 Å². The van der Waals surface area contributed by atoms with Crippen LogP contribution in [0.5, 0.6) is 0 Å². The minimum Gasteiger partial charge on any atom is -0.0683 e. The molecule has 0 aliphatic heterocycles. The number of halogens is 1. The fraction of sp³-hybridized carbons (Fsp3) is 0.625. The summed E-state index contributed by atoms with van der Waals surface area (Å²) in [5, 5.41) is 0. The van der Waals surface area contributed by atoms with Gasteiger partial charge in [-0.3, -0.25) is 0 Å². The molecule has 0 aromatic heterocycles. The second kappa shape index (κ2) is 5.56. The Hall–Kier alpha value is -0.300. The maximum Gasteiger partial charge on any atom is 0.0245 e. The van der Waals surface area contributed by atoms with Crippen LogP contribution in [0.15, 0.2) is 4.47 Å². The van der Waals surface area contributed by atoms with Crippen molar-refractivity contribution < 1.29 is 0 Å². The van der Waals surface area contributed by atoms with E-state index in [1.165, 1.54) is 49.4 Å². The van der Waals surface area contributed by atoms with Crippen LogP contribution in [0.25, 0.3) is 0 Å². The Kier molecular flexibility index (Phi) is 4.30. The zero-order valence-electron chi connectivity index (χ0n) is 11.3. The third kappa shape index (κ3) is 2.07. The molecule has 0 saturated heterocycles. The van der Waals surface area contributed by atoms with Gasteiger partial charge in [0.2, 0.25) is 0 Å². The van der Waals surface area contributed by atoms with E-state index in [2.05, 4.69) is 22.9 Å². The van der Waals surface area contributed by atoms with Crippen molar-refractivity contribution in [2.24, 2.45) is 0 Å². The van der Waals surface area contributed by atoms with Gasteiger partial charge in [-0.25, -0.2) is 0 Å². The second-order valence-corrected chi connectivity index (χ2v) is 5.56. The molecule has 0 saturated carbocycles. The average Bonchev–Trinajstić information content (AvgIpc) is 3.00.